The molecule has 0 aliphatic carbocycles. The number of rotatable bonds is 3. The largest absolute Gasteiger partial charge is 0.307 e. The maximum Gasteiger partial charge on any atom is 0.0294 e. The average molecular weight is 258 g/mol. The minimum atomic E-state index is 0.470. The molecule has 19 heavy (non-hydrogen) atoms. The minimum absolute atomic E-state index is 0.470. The van der Waals surface area contributed by atoms with Crippen molar-refractivity contribution < 1.29 is 0 Å². The number of nitrogens with one attached hydrogen (secondary N) is 1. The molecule has 1 aromatic rings. The minimum Gasteiger partial charge on any atom is -0.307 e. The van der Waals surface area contributed by atoms with Crippen LogP contribution in [0.25, 0.3) is 0 Å². The van der Waals surface area contributed by atoms with Crippen molar-refractivity contribution in [2.75, 3.05) is 13.1 Å². The molecule has 2 nitrogen and oxygen atoms in total. The molecule has 2 fully saturated rings. The standard InChI is InChI=1S/C17H26N2/c1-13-5-3-6-15(11-13)14(2)18-16-8-10-19-9-4-7-17(19)12-16/h3,5-6,11,14,16-18H,4,7-10,12H2,1-2H3/t14-,16?,17?/m1/s1. The quantitative estimate of drug-likeness (QED) is 0.895. The van der Waals surface area contributed by atoms with Gasteiger partial charge < -0.3 is 10.2 Å². The fourth-order valence-corrected chi connectivity index (χ4v) is 3.76. The van der Waals surface area contributed by atoms with Crippen molar-refractivity contribution in [3.8, 4) is 0 Å². The highest BCUT2D eigenvalue weighted by Crippen LogP contribution is 2.28. The molecule has 2 saturated heterocycles. The van der Waals surface area contributed by atoms with Crippen molar-refractivity contribution in [3.05, 3.63) is 35.4 Å². The second-order valence-corrected chi connectivity index (χ2v) is 6.36. The third kappa shape index (κ3) is 3.01. The van der Waals surface area contributed by atoms with Crippen molar-refractivity contribution >= 4 is 0 Å². The molecule has 0 radical (unpaired) electrons. The summed E-state index contributed by atoms with van der Waals surface area (Å²) >= 11 is 0. The molecule has 1 aromatic carbocycles. The van der Waals surface area contributed by atoms with Crippen molar-refractivity contribution in [2.24, 2.45) is 0 Å². The lowest BCUT2D eigenvalue weighted by Gasteiger charge is -2.36. The zero-order valence-electron chi connectivity index (χ0n) is 12.2. The SMILES string of the molecule is Cc1cccc([C@@H](C)NC2CCN3CCCC3C2)c1. The summed E-state index contributed by atoms with van der Waals surface area (Å²) in [7, 11) is 0. The Morgan fingerprint density at radius 2 is 2.16 bits per heavy atom. The maximum atomic E-state index is 3.85. The van der Waals surface area contributed by atoms with E-state index in [0.717, 1.165) is 6.04 Å². The molecule has 3 atom stereocenters. The highest BCUT2D eigenvalue weighted by atomic mass is 15.2. The number of nitrogens with zero attached hydrogens (tertiary/aromatic N) is 1. The Morgan fingerprint density at radius 1 is 1.26 bits per heavy atom. The monoisotopic (exact) mass is 258 g/mol. The maximum absolute atomic E-state index is 3.85. The first-order chi connectivity index (χ1) is 9.22. The first-order valence-corrected chi connectivity index (χ1v) is 7.79. The van der Waals surface area contributed by atoms with Crippen LogP contribution >= 0.6 is 0 Å². The predicted molar refractivity (Wildman–Crippen MR) is 80.3 cm³/mol. The summed E-state index contributed by atoms with van der Waals surface area (Å²) in [6.07, 6.45) is 5.48. The lowest BCUT2D eigenvalue weighted by atomic mass is 9.96. The molecule has 2 unspecified atom stereocenters. The smallest absolute Gasteiger partial charge is 0.0294 e. The topological polar surface area (TPSA) is 15.3 Å². The molecule has 0 amide bonds. The van der Waals surface area contributed by atoms with Crippen molar-refractivity contribution in [1.82, 2.24) is 10.2 Å². The van der Waals surface area contributed by atoms with Crippen LogP contribution in [0.5, 0.6) is 0 Å². The normalized spacial score (nSPS) is 29.2. The Kier molecular flexibility index (Phi) is 3.90. The summed E-state index contributed by atoms with van der Waals surface area (Å²) < 4.78 is 0. The zero-order valence-corrected chi connectivity index (χ0v) is 12.2. The average Bonchev–Trinajstić information content (AvgIpc) is 2.86. The van der Waals surface area contributed by atoms with E-state index in [2.05, 4.69) is 48.3 Å². The van der Waals surface area contributed by atoms with E-state index < -0.39 is 0 Å². The van der Waals surface area contributed by atoms with Crippen molar-refractivity contribution in [2.45, 2.75) is 57.7 Å². The van der Waals surface area contributed by atoms with Crippen LogP contribution < -0.4 is 5.32 Å². The Morgan fingerprint density at radius 3 is 3.00 bits per heavy atom. The molecule has 3 rings (SSSR count). The van der Waals surface area contributed by atoms with Gasteiger partial charge >= 0.3 is 0 Å². The van der Waals surface area contributed by atoms with E-state index >= 15 is 0 Å². The second-order valence-electron chi connectivity index (χ2n) is 6.36. The zero-order chi connectivity index (χ0) is 13.2. The second kappa shape index (κ2) is 5.64. The molecule has 2 heterocycles. The lowest BCUT2D eigenvalue weighted by molar-refractivity contribution is 0.162. The molecule has 2 heteroatoms. The van der Waals surface area contributed by atoms with Crippen LogP contribution in [0.1, 0.15) is 49.8 Å². The molecule has 0 saturated carbocycles. The Balaban J connectivity index is 1.59. The fraction of sp³-hybridized carbons (Fsp3) is 0.647. The van der Waals surface area contributed by atoms with Gasteiger partial charge in [0.1, 0.15) is 0 Å². The van der Waals surface area contributed by atoms with Gasteiger partial charge in [0.15, 0.2) is 0 Å². The molecule has 0 bridgehead atoms. The van der Waals surface area contributed by atoms with Crippen molar-refractivity contribution in [3.63, 3.8) is 0 Å². The number of fused-ring (bicyclic) bond motifs is 1. The number of benzene rings is 1. The molecule has 0 spiro atoms. The van der Waals surface area contributed by atoms with Gasteiger partial charge in [0.05, 0.1) is 0 Å². The van der Waals surface area contributed by atoms with E-state index in [0.29, 0.717) is 12.1 Å². The number of hydrogen-bond acceptors (Lipinski definition) is 2. The van der Waals surface area contributed by atoms with Crippen molar-refractivity contribution in [1.29, 1.82) is 0 Å². The molecular weight excluding hydrogens is 232 g/mol. The summed E-state index contributed by atoms with van der Waals surface area (Å²) in [5.41, 5.74) is 2.78. The molecular formula is C17H26N2. The van der Waals surface area contributed by atoms with Crippen LogP contribution in [-0.2, 0) is 0 Å². The number of aryl methyl sites for hydroxylation is 1. The Labute approximate surface area is 117 Å². The number of hydrogen-bond donors (Lipinski definition) is 1. The van der Waals surface area contributed by atoms with Gasteiger partial charge in [-0.3, -0.25) is 0 Å². The van der Waals surface area contributed by atoms with Gasteiger partial charge in [-0.05, 0) is 58.2 Å². The summed E-state index contributed by atoms with van der Waals surface area (Å²) in [6, 6.07) is 10.9. The van der Waals surface area contributed by atoms with Gasteiger partial charge in [-0.1, -0.05) is 29.8 Å². The van der Waals surface area contributed by atoms with Crippen LogP contribution in [0.2, 0.25) is 0 Å². The molecule has 1 N–H and O–H groups in total. The molecule has 2 aliphatic rings. The number of piperidine rings is 1. The first-order valence-electron chi connectivity index (χ1n) is 7.79. The van der Waals surface area contributed by atoms with Crippen LogP contribution in [-0.4, -0.2) is 30.1 Å². The molecule has 0 aromatic heterocycles. The van der Waals surface area contributed by atoms with E-state index in [1.807, 2.05) is 0 Å². The van der Waals surface area contributed by atoms with Crippen LogP contribution in [0.3, 0.4) is 0 Å². The first kappa shape index (κ1) is 13.1. The summed E-state index contributed by atoms with van der Waals surface area (Å²) in [5, 5.41) is 3.85. The van der Waals surface area contributed by atoms with Gasteiger partial charge in [0.2, 0.25) is 0 Å². The molecule has 2 aliphatic heterocycles. The third-order valence-corrected chi connectivity index (χ3v) is 4.85. The van der Waals surface area contributed by atoms with Gasteiger partial charge in [-0.25, -0.2) is 0 Å². The van der Waals surface area contributed by atoms with Gasteiger partial charge in [-0.2, -0.15) is 0 Å². The van der Waals surface area contributed by atoms with Gasteiger partial charge in [-0.15, -0.1) is 0 Å². The molecule has 104 valence electrons. The highest BCUT2D eigenvalue weighted by Gasteiger charge is 2.31. The lowest BCUT2D eigenvalue weighted by Crippen LogP contribution is -2.46. The van der Waals surface area contributed by atoms with Crippen LogP contribution in [0.15, 0.2) is 24.3 Å². The van der Waals surface area contributed by atoms with Crippen LogP contribution in [0.4, 0.5) is 0 Å². The Bertz CT molecular complexity index is 429. The summed E-state index contributed by atoms with van der Waals surface area (Å²) in [5.74, 6) is 0. The Hall–Kier alpha value is -0.860. The van der Waals surface area contributed by atoms with E-state index in [9.17, 15) is 0 Å². The predicted octanol–water partition coefficient (Wildman–Crippen LogP) is 3.27. The van der Waals surface area contributed by atoms with E-state index in [1.165, 1.54) is 49.9 Å². The fourth-order valence-electron chi connectivity index (χ4n) is 3.76. The van der Waals surface area contributed by atoms with Gasteiger partial charge in [0, 0.05) is 18.1 Å². The van der Waals surface area contributed by atoms with Crippen LogP contribution in [0, 0.1) is 6.92 Å². The summed E-state index contributed by atoms with van der Waals surface area (Å²) in [4.78, 5) is 2.69. The van der Waals surface area contributed by atoms with E-state index in [1.54, 1.807) is 0 Å². The van der Waals surface area contributed by atoms with E-state index in [4.69, 9.17) is 0 Å². The third-order valence-electron chi connectivity index (χ3n) is 4.85. The highest BCUT2D eigenvalue weighted by molar-refractivity contribution is 5.24. The van der Waals surface area contributed by atoms with Gasteiger partial charge in [0.25, 0.3) is 0 Å². The van der Waals surface area contributed by atoms with E-state index in [-0.39, 0.29) is 0 Å². The summed E-state index contributed by atoms with van der Waals surface area (Å²) in [6.45, 7) is 7.11.